The van der Waals surface area contributed by atoms with Crippen molar-refractivity contribution in [1.82, 2.24) is 14.5 Å². The van der Waals surface area contributed by atoms with Crippen molar-refractivity contribution in [2.24, 2.45) is 0 Å². The van der Waals surface area contributed by atoms with E-state index in [9.17, 15) is 13.2 Å². The van der Waals surface area contributed by atoms with Crippen LogP contribution < -0.4 is 4.74 Å². The molecule has 0 spiro atoms. The number of ether oxygens (including phenoxy) is 2. The summed E-state index contributed by atoms with van der Waals surface area (Å²) in [5.74, 6) is 0.405. The summed E-state index contributed by atoms with van der Waals surface area (Å²) in [5.41, 5.74) is 0.687. The number of halogens is 1. The molecule has 3 aromatic rings. The van der Waals surface area contributed by atoms with Gasteiger partial charge in [0.25, 0.3) is 5.89 Å². The van der Waals surface area contributed by atoms with E-state index in [-0.39, 0.29) is 29.8 Å². The first kappa shape index (κ1) is 22.3. The average molecular weight is 478 g/mol. The summed E-state index contributed by atoms with van der Waals surface area (Å²) in [4.78, 5) is 12.7. The molecule has 1 aliphatic heterocycles. The molecule has 0 unspecified atom stereocenters. The highest BCUT2D eigenvalue weighted by atomic mass is 35.5. The minimum Gasteiger partial charge on any atom is -0.497 e. The van der Waals surface area contributed by atoms with Gasteiger partial charge in [0, 0.05) is 17.1 Å². The molecule has 2 heterocycles. The van der Waals surface area contributed by atoms with Crippen molar-refractivity contribution in [2.45, 2.75) is 30.4 Å². The van der Waals surface area contributed by atoms with Crippen LogP contribution in [0.1, 0.15) is 18.7 Å². The molecule has 9 nitrogen and oxygen atoms in total. The highest BCUT2D eigenvalue weighted by molar-refractivity contribution is 7.89. The molecule has 2 aromatic carbocycles. The van der Waals surface area contributed by atoms with Gasteiger partial charge >= 0.3 is 5.97 Å². The molecule has 11 heteroatoms. The molecular weight excluding hydrogens is 458 g/mol. The third-order valence-electron chi connectivity index (χ3n) is 5.04. The van der Waals surface area contributed by atoms with Crippen molar-refractivity contribution in [3.05, 3.63) is 59.4 Å². The lowest BCUT2D eigenvalue weighted by Gasteiger charge is -2.22. The number of esters is 1. The van der Waals surface area contributed by atoms with Crippen LogP contribution in [0.25, 0.3) is 11.5 Å². The van der Waals surface area contributed by atoms with Gasteiger partial charge in [0.15, 0.2) is 6.61 Å². The van der Waals surface area contributed by atoms with E-state index >= 15 is 0 Å². The minimum absolute atomic E-state index is 0.0719. The standard InChI is InChI=1S/C21H20ClN3O6S/c1-29-16-8-4-14(5-9-16)20-24-23-19(31-20)13-30-21(26)18-3-2-12-25(18)32(27,28)17-10-6-15(22)7-11-17/h4-11,18H,2-3,12-13H2,1H3/t18-/m1/s1. The second-order valence-corrected chi connectivity index (χ2v) is 9.39. The van der Waals surface area contributed by atoms with Crippen LogP contribution >= 0.6 is 11.6 Å². The first-order valence-electron chi connectivity index (χ1n) is 9.79. The predicted molar refractivity (Wildman–Crippen MR) is 114 cm³/mol. The predicted octanol–water partition coefficient (Wildman–Crippen LogP) is 3.30. The van der Waals surface area contributed by atoms with Crippen LogP contribution in [0.15, 0.2) is 57.8 Å². The number of hydrogen-bond donors (Lipinski definition) is 0. The SMILES string of the molecule is COc1ccc(-c2nnc(COC(=O)[C@H]3CCCN3S(=O)(=O)c3ccc(Cl)cc3)o2)cc1. The Morgan fingerprint density at radius 3 is 2.56 bits per heavy atom. The zero-order valence-corrected chi connectivity index (χ0v) is 18.7. The fourth-order valence-electron chi connectivity index (χ4n) is 3.40. The van der Waals surface area contributed by atoms with Crippen molar-refractivity contribution in [1.29, 1.82) is 0 Å². The van der Waals surface area contributed by atoms with Crippen molar-refractivity contribution in [3.63, 3.8) is 0 Å². The normalized spacial score (nSPS) is 16.8. The Hall–Kier alpha value is -2.95. The minimum atomic E-state index is -3.86. The first-order valence-corrected chi connectivity index (χ1v) is 11.6. The van der Waals surface area contributed by atoms with E-state index < -0.39 is 22.0 Å². The number of nitrogens with zero attached hydrogens (tertiary/aromatic N) is 3. The molecule has 0 amide bonds. The molecule has 0 aliphatic carbocycles. The molecule has 0 saturated carbocycles. The molecular formula is C21H20ClN3O6S. The lowest BCUT2D eigenvalue weighted by atomic mass is 10.2. The molecule has 1 aliphatic rings. The molecule has 1 atom stereocenters. The number of carbonyl (C=O) groups excluding carboxylic acids is 1. The third-order valence-corrected chi connectivity index (χ3v) is 7.21. The summed E-state index contributed by atoms with van der Waals surface area (Å²) in [6, 6.07) is 11.9. The monoisotopic (exact) mass is 477 g/mol. The Morgan fingerprint density at radius 1 is 1.16 bits per heavy atom. The zero-order valence-electron chi connectivity index (χ0n) is 17.1. The van der Waals surface area contributed by atoms with Gasteiger partial charge in [-0.25, -0.2) is 8.42 Å². The van der Waals surface area contributed by atoms with Gasteiger partial charge in [0.05, 0.1) is 12.0 Å². The van der Waals surface area contributed by atoms with E-state index in [4.69, 9.17) is 25.5 Å². The van der Waals surface area contributed by atoms with Crippen LogP contribution in [0.4, 0.5) is 0 Å². The molecule has 0 bridgehead atoms. The molecule has 1 aromatic heterocycles. The fraction of sp³-hybridized carbons (Fsp3) is 0.286. The van der Waals surface area contributed by atoms with Gasteiger partial charge in [-0.2, -0.15) is 4.31 Å². The van der Waals surface area contributed by atoms with Gasteiger partial charge < -0.3 is 13.9 Å². The summed E-state index contributed by atoms with van der Waals surface area (Å²) in [6.07, 6.45) is 0.918. The van der Waals surface area contributed by atoms with Gasteiger partial charge in [-0.15, -0.1) is 10.2 Å². The molecule has 168 valence electrons. The number of carbonyl (C=O) groups is 1. The topological polar surface area (TPSA) is 112 Å². The molecule has 0 N–H and O–H groups in total. The Kier molecular flexibility index (Phi) is 6.45. The second-order valence-electron chi connectivity index (χ2n) is 7.06. The molecule has 1 fully saturated rings. The lowest BCUT2D eigenvalue weighted by Crippen LogP contribution is -2.41. The number of benzene rings is 2. The van der Waals surface area contributed by atoms with Crippen molar-refractivity contribution in [3.8, 4) is 17.2 Å². The van der Waals surface area contributed by atoms with Gasteiger partial charge in [0.2, 0.25) is 15.9 Å². The summed E-state index contributed by atoms with van der Waals surface area (Å²) in [6.45, 7) is -0.0276. The first-order chi connectivity index (χ1) is 15.4. The summed E-state index contributed by atoms with van der Waals surface area (Å²) in [7, 11) is -2.29. The number of rotatable bonds is 7. The lowest BCUT2D eigenvalue weighted by molar-refractivity contribution is -0.149. The van der Waals surface area contributed by atoms with Crippen molar-refractivity contribution >= 4 is 27.6 Å². The maximum absolute atomic E-state index is 13.0. The number of aromatic nitrogens is 2. The van der Waals surface area contributed by atoms with Crippen molar-refractivity contribution < 1.29 is 27.1 Å². The molecule has 4 rings (SSSR count). The Bertz CT molecular complexity index is 1200. The van der Waals surface area contributed by atoms with Gasteiger partial charge in [-0.1, -0.05) is 11.6 Å². The van der Waals surface area contributed by atoms with Gasteiger partial charge in [-0.3, -0.25) is 4.79 Å². The highest BCUT2D eigenvalue weighted by Crippen LogP contribution is 2.28. The maximum atomic E-state index is 13.0. The van der Waals surface area contributed by atoms with Crippen LogP contribution in [0, 0.1) is 0 Å². The van der Waals surface area contributed by atoms with Crippen LogP contribution in [0.5, 0.6) is 5.75 Å². The number of hydrogen-bond acceptors (Lipinski definition) is 8. The Labute approximate surface area is 190 Å². The summed E-state index contributed by atoms with van der Waals surface area (Å²) < 4.78 is 43.0. The van der Waals surface area contributed by atoms with E-state index in [0.29, 0.717) is 29.2 Å². The molecule has 32 heavy (non-hydrogen) atoms. The quantitative estimate of drug-likeness (QED) is 0.476. The average Bonchev–Trinajstić information content (AvgIpc) is 3.48. The van der Waals surface area contributed by atoms with Crippen LogP contribution in [-0.2, 0) is 26.2 Å². The van der Waals surface area contributed by atoms with E-state index in [1.807, 2.05) is 0 Å². The van der Waals surface area contributed by atoms with E-state index in [1.54, 1.807) is 31.4 Å². The smallest absolute Gasteiger partial charge is 0.324 e. The van der Waals surface area contributed by atoms with Gasteiger partial charge in [0.1, 0.15) is 11.8 Å². The Balaban J connectivity index is 1.41. The van der Waals surface area contributed by atoms with Crippen molar-refractivity contribution in [2.75, 3.05) is 13.7 Å². The summed E-state index contributed by atoms with van der Waals surface area (Å²) >= 11 is 5.85. The number of methoxy groups -OCH3 is 1. The third kappa shape index (κ3) is 4.62. The number of sulfonamides is 1. The van der Waals surface area contributed by atoms with Gasteiger partial charge in [-0.05, 0) is 61.4 Å². The second kappa shape index (κ2) is 9.27. The van der Waals surface area contributed by atoms with Crippen LogP contribution in [0.2, 0.25) is 5.02 Å². The summed E-state index contributed by atoms with van der Waals surface area (Å²) in [5, 5.41) is 8.27. The van der Waals surface area contributed by atoms with E-state index in [2.05, 4.69) is 10.2 Å². The van der Waals surface area contributed by atoms with Crippen LogP contribution in [-0.4, -0.2) is 48.6 Å². The Morgan fingerprint density at radius 2 is 1.88 bits per heavy atom. The van der Waals surface area contributed by atoms with E-state index in [0.717, 1.165) is 4.31 Å². The van der Waals surface area contributed by atoms with E-state index in [1.165, 1.54) is 24.3 Å². The van der Waals surface area contributed by atoms with Crippen LogP contribution in [0.3, 0.4) is 0 Å². The fourth-order valence-corrected chi connectivity index (χ4v) is 5.17. The molecule has 0 radical (unpaired) electrons. The largest absolute Gasteiger partial charge is 0.497 e. The molecule has 1 saturated heterocycles. The highest BCUT2D eigenvalue weighted by Gasteiger charge is 2.40. The maximum Gasteiger partial charge on any atom is 0.324 e. The zero-order chi connectivity index (χ0) is 22.7.